The number of hydrogen-bond acceptors (Lipinski definition) is 3. The zero-order valence-electron chi connectivity index (χ0n) is 10.2. The zero-order valence-corrected chi connectivity index (χ0v) is 11.0. The first kappa shape index (κ1) is 13.8. The van der Waals surface area contributed by atoms with Crippen LogP contribution < -0.4 is 5.32 Å². The minimum absolute atomic E-state index is 0.0113. The monoisotopic (exact) mass is 251 g/mol. The molecule has 1 amide bonds. The smallest absolute Gasteiger partial charge is 0.216 e. The molecule has 4 heteroatoms. The summed E-state index contributed by atoms with van der Waals surface area (Å²) in [6, 6.07) is 0. The van der Waals surface area contributed by atoms with Crippen molar-refractivity contribution in [2.75, 3.05) is 12.3 Å². The fraction of sp³-hybridized carbons (Fsp3) is 0.385. The number of rotatable bonds is 5. The third-order valence-corrected chi connectivity index (χ3v) is 3.36. The number of ketones is 1. The third kappa shape index (κ3) is 3.89. The summed E-state index contributed by atoms with van der Waals surface area (Å²) in [5.41, 5.74) is 1.52. The standard InChI is InChI=1S/C13H17NO2S/c1-4-17-13-11(7-8-14-10(3)15)6-5-9(2)12(13)16/h5-6H,2,4,7-8H2,1,3H3,(H,14,15). The molecule has 0 aromatic heterocycles. The molecular formula is C13H17NO2S. The first-order chi connectivity index (χ1) is 8.06. The van der Waals surface area contributed by atoms with Crippen molar-refractivity contribution in [1.82, 2.24) is 5.32 Å². The van der Waals surface area contributed by atoms with E-state index in [4.69, 9.17) is 0 Å². The second kappa shape index (κ2) is 6.45. The number of allylic oxidation sites excluding steroid dienone is 4. The third-order valence-electron chi connectivity index (χ3n) is 2.33. The predicted molar refractivity (Wildman–Crippen MR) is 71.7 cm³/mol. The van der Waals surface area contributed by atoms with E-state index in [-0.39, 0.29) is 11.7 Å². The van der Waals surface area contributed by atoms with Gasteiger partial charge in [-0.2, -0.15) is 0 Å². The lowest BCUT2D eigenvalue weighted by atomic mass is 10.00. The van der Waals surface area contributed by atoms with Gasteiger partial charge in [0.2, 0.25) is 5.91 Å². The van der Waals surface area contributed by atoms with Gasteiger partial charge in [0.05, 0.1) is 4.91 Å². The Balaban J connectivity index is 2.76. The maximum atomic E-state index is 11.9. The summed E-state index contributed by atoms with van der Waals surface area (Å²) >= 11 is 1.54. The Morgan fingerprint density at radius 3 is 2.76 bits per heavy atom. The van der Waals surface area contributed by atoms with Crippen LogP contribution in [0.15, 0.2) is 34.8 Å². The highest BCUT2D eigenvalue weighted by atomic mass is 32.2. The molecule has 0 bridgehead atoms. The highest BCUT2D eigenvalue weighted by Gasteiger charge is 2.19. The summed E-state index contributed by atoms with van der Waals surface area (Å²) in [7, 11) is 0. The average molecular weight is 251 g/mol. The molecule has 1 rings (SSSR count). The zero-order chi connectivity index (χ0) is 12.8. The van der Waals surface area contributed by atoms with E-state index in [0.29, 0.717) is 18.5 Å². The van der Waals surface area contributed by atoms with Crippen LogP contribution in [0.25, 0.3) is 0 Å². The van der Waals surface area contributed by atoms with Crippen LogP contribution in [-0.2, 0) is 9.59 Å². The van der Waals surface area contributed by atoms with Crippen molar-refractivity contribution in [3.63, 3.8) is 0 Å². The fourth-order valence-electron chi connectivity index (χ4n) is 1.52. The highest BCUT2D eigenvalue weighted by Crippen LogP contribution is 2.29. The Kier molecular flexibility index (Phi) is 5.22. The summed E-state index contributed by atoms with van der Waals surface area (Å²) in [6.07, 6.45) is 4.34. The lowest BCUT2D eigenvalue weighted by Crippen LogP contribution is -2.22. The van der Waals surface area contributed by atoms with Gasteiger partial charge in [0.25, 0.3) is 0 Å². The number of thioether (sulfide) groups is 1. The molecule has 0 aromatic rings. The van der Waals surface area contributed by atoms with E-state index in [0.717, 1.165) is 16.2 Å². The van der Waals surface area contributed by atoms with E-state index in [1.54, 1.807) is 6.08 Å². The summed E-state index contributed by atoms with van der Waals surface area (Å²) in [6.45, 7) is 7.77. The Bertz CT molecular complexity index is 408. The molecule has 0 saturated heterocycles. The van der Waals surface area contributed by atoms with E-state index in [1.807, 2.05) is 13.0 Å². The maximum Gasteiger partial charge on any atom is 0.216 e. The van der Waals surface area contributed by atoms with E-state index < -0.39 is 0 Å². The molecule has 0 unspecified atom stereocenters. The van der Waals surface area contributed by atoms with Crippen molar-refractivity contribution in [3.8, 4) is 0 Å². The van der Waals surface area contributed by atoms with E-state index in [2.05, 4.69) is 11.9 Å². The van der Waals surface area contributed by atoms with Crippen LogP contribution in [0.3, 0.4) is 0 Å². The molecule has 1 N–H and O–H groups in total. The number of nitrogens with one attached hydrogen (secondary N) is 1. The van der Waals surface area contributed by atoms with Crippen molar-refractivity contribution < 1.29 is 9.59 Å². The molecule has 0 spiro atoms. The van der Waals surface area contributed by atoms with E-state index in [1.165, 1.54) is 18.7 Å². The molecule has 17 heavy (non-hydrogen) atoms. The van der Waals surface area contributed by atoms with Gasteiger partial charge in [0, 0.05) is 19.0 Å². The van der Waals surface area contributed by atoms with Gasteiger partial charge in [-0.1, -0.05) is 25.7 Å². The van der Waals surface area contributed by atoms with Crippen LogP contribution in [0.5, 0.6) is 0 Å². The number of hydrogen-bond donors (Lipinski definition) is 1. The molecule has 0 atom stereocenters. The Morgan fingerprint density at radius 1 is 1.47 bits per heavy atom. The van der Waals surface area contributed by atoms with Gasteiger partial charge in [0.1, 0.15) is 0 Å². The summed E-state index contributed by atoms with van der Waals surface area (Å²) in [4.78, 5) is 23.5. The minimum atomic E-state index is -0.0502. The molecular weight excluding hydrogens is 234 g/mol. The van der Waals surface area contributed by atoms with Gasteiger partial charge in [0.15, 0.2) is 5.78 Å². The Morgan fingerprint density at radius 2 is 2.18 bits per heavy atom. The van der Waals surface area contributed by atoms with E-state index in [9.17, 15) is 9.59 Å². The van der Waals surface area contributed by atoms with Gasteiger partial charge in [-0.3, -0.25) is 9.59 Å². The van der Waals surface area contributed by atoms with Crippen molar-refractivity contribution >= 4 is 23.5 Å². The topological polar surface area (TPSA) is 46.2 Å². The fourth-order valence-corrected chi connectivity index (χ4v) is 2.42. The molecule has 92 valence electrons. The SMILES string of the molecule is C=C1C=CC(CCNC(C)=O)=C(SCC)C1=O. The van der Waals surface area contributed by atoms with Crippen molar-refractivity contribution in [1.29, 1.82) is 0 Å². The average Bonchev–Trinajstić information content (AvgIpc) is 2.27. The Hall–Kier alpha value is -1.29. The minimum Gasteiger partial charge on any atom is -0.356 e. The lowest BCUT2D eigenvalue weighted by Gasteiger charge is -2.15. The molecule has 0 radical (unpaired) electrons. The van der Waals surface area contributed by atoms with Gasteiger partial charge in [-0.05, 0) is 17.7 Å². The second-order valence-electron chi connectivity index (χ2n) is 3.71. The molecule has 0 fully saturated rings. The number of carbonyl (C=O) groups excluding carboxylic acids is 2. The predicted octanol–water partition coefficient (Wildman–Crippen LogP) is 2.21. The second-order valence-corrected chi connectivity index (χ2v) is 4.98. The summed E-state index contributed by atoms with van der Waals surface area (Å²) in [5.74, 6) is 0.814. The quantitative estimate of drug-likeness (QED) is 0.762. The Labute approximate surface area is 106 Å². The first-order valence-corrected chi connectivity index (χ1v) is 6.57. The molecule has 0 heterocycles. The van der Waals surface area contributed by atoms with Crippen molar-refractivity contribution in [3.05, 3.63) is 34.8 Å². The number of carbonyl (C=O) groups is 2. The number of Topliss-reactive ketones (excluding diaryl/α,β-unsaturated/α-hetero) is 1. The van der Waals surface area contributed by atoms with Crippen LogP contribution >= 0.6 is 11.8 Å². The normalized spacial score (nSPS) is 15.4. The molecule has 0 aromatic carbocycles. The van der Waals surface area contributed by atoms with Gasteiger partial charge >= 0.3 is 0 Å². The van der Waals surface area contributed by atoms with Crippen molar-refractivity contribution in [2.24, 2.45) is 0 Å². The largest absolute Gasteiger partial charge is 0.356 e. The molecule has 0 saturated carbocycles. The molecule has 0 aliphatic heterocycles. The van der Waals surface area contributed by atoms with Crippen LogP contribution in [0.1, 0.15) is 20.3 Å². The first-order valence-electron chi connectivity index (χ1n) is 5.58. The molecule has 1 aliphatic rings. The van der Waals surface area contributed by atoms with E-state index >= 15 is 0 Å². The van der Waals surface area contributed by atoms with Crippen LogP contribution in [0.2, 0.25) is 0 Å². The molecule has 3 nitrogen and oxygen atoms in total. The van der Waals surface area contributed by atoms with Crippen LogP contribution in [0, 0.1) is 0 Å². The molecule has 1 aliphatic carbocycles. The lowest BCUT2D eigenvalue weighted by molar-refractivity contribution is -0.118. The number of amides is 1. The van der Waals surface area contributed by atoms with Gasteiger partial charge < -0.3 is 5.32 Å². The van der Waals surface area contributed by atoms with Crippen molar-refractivity contribution in [2.45, 2.75) is 20.3 Å². The summed E-state index contributed by atoms with van der Waals surface area (Å²) < 4.78 is 0. The maximum absolute atomic E-state index is 11.9. The highest BCUT2D eigenvalue weighted by molar-refractivity contribution is 8.04. The van der Waals surface area contributed by atoms with Crippen LogP contribution in [-0.4, -0.2) is 24.0 Å². The van der Waals surface area contributed by atoms with Gasteiger partial charge in [-0.25, -0.2) is 0 Å². The summed E-state index contributed by atoms with van der Waals surface area (Å²) in [5, 5.41) is 2.73. The van der Waals surface area contributed by atoms with Gasteiger partial charge in [-0.15, -0.1) is 11.8 Å². The van der Waals surface area contributed by atoms with Crippen LogP contribution in [0.4, 0.5) is 0 Å².